The first-order chi connectivity index (χ1) is 9.77. The van der Waals surface area contributed by atoms with Crippen LogP contribution in [0.2, 0.25) is 5.15 Å². The minimum absolute atomic E-state index is 0.158. The van der Waals surface area contributed by atoms with Gasteiger partial charge in [0.15, 0.2) is 11.0 Å². The second-order valence-corrected chi connectivity index (χ2v) is 5.70. The Morgan fingerprint density at radius 3 is 2.86 bits per heavy atom. The third-order valence-electron chi connectivity index (χ3n) is 2.68. The van der Waals surface area contributed by atoms with Crippen LogP contribution < -0.4 is 0 Å². The molecule has 0 aromatic carbocycles. The lowest BCUT2D eigenvalue weighted by atomic mass is 10.2. The SMILES string of the molecule is O=C(C=C1SCCN1Cc1cnc(Cl)c(F)c1)C(F)(F)F. The van der Waals surface area contributed by atoms with E-state index in [0.717, 1.165) is 11.8 Å². The van der Waals surface area contributed by atoms with Gasteiger partial charge in [-0.15, -0.1) is 11.8 Å². The van der Waals surface area contributed by atoms with Crippen molar-refractivity contribution in [2.24, 2.45) is 0 Å². The molecule has 0 atom stereocenters. The van der Waals surface area contributed by atoms with Crippen molar-refractivity contribution in [3.63, 3.8) is 0 Å². The number of aromatic nitrogens is 1. The van der Waals surface area contributed by atoms with Gasteiger partial charge in [-0.2, -0.15) is 13.2 Å². The first-order valence-electron chi connectivity index (χ1n) is 5.78. The molecule has 114 valence electrons. The van der Waals surface area contributed by atoms with Crippen LogP contribution in [-0.4, -0.2) is 34.1 Å². The van der Waals surface area contributed by atoms with E-state index in [-0.39, 0.29) is 16.7 Å². The van der Waals surface area contributed by atoms with Crippen LogP contribution in [0.5, 0.6) is 0 Å². The molecule has 2 rings (SSSR count). The zero-order valence-corrected chi connectivity index (χ0v) is 12.0. The van der Waals surface area contributed by atoms with E-state index in [1.807, 2.05) is 0 Å². The van der Waals surface area contributed by atoms with Crippen molar-refractivity contribution in [3.05, 3.63) is 39.9 Å². The van der Waals surface area contributed by atoms with Gasteiger partial charge in [-0.3, -0.25) is 4.79 Å². The number of hydrogen-bond acceptors (Lipinski definition) is 4. The van der Waals surface area contributed by atoms with E-state index in [9.17, 15) is 22.4 Å². The molecular weight excluding hydrogens is 332 g/mol. The summed E-state index contributed by atoms with van der Waals surface area (Å²) in [6.07, 6.45) is -2.98. The zero-order valence-electron chi connectivity index (χ0n) is 10.5. The molecule has 1 aromatic rings. The maximum absolute atomic E-state index is 13.3. The maximum Gasteiger partial charge on any atom is 0.454 e. The maximum atomic E-state index is 13.3. The number of alkyl halides is 3. The van der Waals surface area contributed by atoms with E-state index >= 15 is 0 Å². The summed E-state index contributed by atoms with van der Waals surface area (Å²) in [6.45, 7) is 0.622. The molecule has 1 saturated heterocycles. The minimum Gasteiger partial charge on any atom is -0.361 e. The van der Waals surface area contributed by atoms with Crippen LogP contribution in [0, 0.1) is 5.82 Å². The highest BCUT2D eigenvalue weighted by atomic mass is 35.5. The minimum atomic E-state index is -4.89. The Balaban J connectivity index is 2.14. The summed E-state index contributed by atoms with van der Waals surface area (Å²) in [5.41, 5.74) is 0.463. The normalized spacial score (nSPS) is 17.6. The molecule has 2 heterocycles. The molecule has 1 aromatic heterocycles. The zero-order chi connectivity index (χ0) is 15.6. The molecule has 3 nitrogen and oxygen atoms in total. The number of nitrogens with zero attached hydrogens (tertiary/aromatic N) is 2. The summed E-state index contributed by atoms with van der Waals surface area (Å²) in [7, 11) is 0. The summed E-state index contributed by atoms with van der Waals surface area (Å²) in [5.74, 6) is -2.05. The summed E-state index contributed by atoms with van der Waals surface area (Å²) >= 11 is 6.61. The summed E-state index contributed by atoms with van der Waals surface area (Å²) in [4.78, 5) is 16.2. The van der Waals surface area contributed by atoms with E-state index in [2.05, 4.69) is 4.98 Å². The second-order valence-electron chi connectivity index (χ2n) is 4.23. The summed E-state index contributed by atoms with van der Waals surface area (Å²) in [6, 6.07) is 1.17. The van der Waals surface area contributed by atoms with Gasteiger partial charge in [-0.25, -0.2) is 9.37 Å². The van der Waals surface area contributed by atoms with Gasteiger partial charge in [0, 0.05) is 31.1 Å². The smallest absolute Gasteiger partial charge is 0.361 e. The van der Waals surface area contributed by atoms with Crippen LogP contribution in [0.25, 0.3) is 0 Å². The molecule has 0 aliphatic carbocycles. The summed E-state index contributed by atoms with van der Waals surface area (Å²) < 4.78 is 50.1. The Kier molecular flexibility index (Phi) is 4.77. The average Bonchev–Trinajstić information content (AvgIpc) is 2.80. The Labute approximate surface area is 127 Å². The van der Waals surface area contributed by atoms with Crippen LogP contribution in [0.15, 0.2) is 23.4 Å². The van der Waals surface area contributed by atoms with E-state index in [1.165, 1.54) is 12.3 Å². The fraction of sp³-hybridized carbons (Fsp3) is 0.333. The van der Waals surface area contributed by atoms with E-state index in [1.54, 1.807) is 4.90 Å². The van der Waals surface area contributed by atoms with Gasteiger partial charge in [0.1, 0.15) is 0 Å². The molecule has 9 heteroatoms. The Bertz CT molecular complexity index is 591. The molecule has 0 N–H and O–H groups in total. The molecule has 0 unspecified atom stereocenters. The predicted molar refractivity (Wildman–Crippen MR) is 71.2 cm³/mol. The molecule has 0 spiro atoms. The molecular formula is C12H9ClF4N2OS. The lowest BCUT2D eigenvalue weighted by Gasteiger charge is -2.19. The van der Waals surface area contributed by atoms with Gasteiger partial charge in [0.05, 0.1) is 5.03 Å². The quantitative estimate of drug-likeness (QED) is 0.480. The molecule has 1 aliphatic rings. The van der Waals surface area contributed by atoms with Crippen molar-refractivity contribution in [1.29, 1.82) is 0 Å². The molecule has 0 amide bonds. The van der Waals surface area contributed by atoms with Gasteiger partial charge in [-0.1, -0.05) is 11.6 Å². The first kappa shape index (κ1) is 16.1. The Hall–Kier alpha value is -1.28. The van der Waals surface area contributed by atoms with Crippen molar-refractivity contribution in [3.8, 4) is 0 Å². The second kappa shape index (κ2) is 6.23. The van der Waals surface area contributed by atoms with Crippen molar-refractivity contribution >= 4 is 29.1 Å². The van der Waals surface area contributed by atoms with E-state index < -0.39 is 17.8 Å². The standard InChI is InChI=1S/C12H9ClF4N2OS/c13-11-8(14)3-7(5-18-11)6-19-1-2-21-10(19)4-9(20)12(15,16)17/h3-5H,1-2,6H2. The van der Waals surface area contributed by atoms with Crippen LogP contribution in [0.1, 0.15) is 5.56 Å². The largest absolute Gasteiger partial charge is 0.454 e. The van der Waals surface area contributed by atoms with E-state index in [4.69, 9.17) is 11.6 Å². The number of allylic oxidation sites excluding steroid dienone is 1. The van der Waals surface area contributed by atoms with Crippen molar-refractivity contribution < 1.29 is 22.4 Å². The number of carbonyl (C=O) groups excluding carboxylic acids is 1. The number of carbonyl (C=O) groups is 1. The van der Waals surface area contributed by atoms with Gasteiger partial charge in [0.25, 0.3) is 5.78 Å². The predicted octanol–water partition coefficient (Wildman–Crippen LogP) is 3.40. The topological polar surface area (TPSA) is 33.2 Å². The number of hydrogen-bond donors (Lipinski definition) is 0. The number of pyridine rings is 1. The van der Waals surface area contributed by atoms with Gasteiger partial charge in [0.2, 0.25) is 0 Å². The third kappa shape index (κ3) is 4.10. The van der Waals surface area contributed by atoms with Crippen molar-refractivity contribution in [1.82, 2.24) is 9.88 Å². The highest BCUT2D eigenvalue weighted by Gasteiger charge is 2.37. The van der Waals surface area contributed by atoms with Crippen LogP contribution >= 0.6 is 23.4 Å². The fourth-order valence-electron chi connectivity index (χ4n) is 1.71. The number of thioether (sulfide) groups is 1. The van der Waals surface area contributed by atoms with Crippen LogP contribution in [0.3, 0.4) is 0 Å². The number of halogens is 5. The third-order valence-corrected chi connectivity index (χ3v) is 4.02. The molecule has 1 aliphatic heterocycles. The lowest BCUT2D eigenvalue weighted by Crippen LogP contribution is -2.23. The first-order valence-corrected chi connectivity index (χ1v) is 7.14. The molecule has 21 heavy (non-hydrogen) atoms. The monoisotopic (exact) mass is 340 g/mol. The average molecular weight is 341 g/mol. The van der Waals surface area contributed by atoms with Crippen LogP contribution in [0.4, 0.5) is 17.6 Å². The summed E-state index contributed by atoms with van der Waals surface area (Å²) in [5, 5.41) is -0.0507. The van der Waals surface area contributed by atoms with Crippen LogP contribution in [-0.2, 0) is 11.3 Å². The molecule has 0 saturated carbocycles. The molecule has 1 fully saturated rings. The lowest BCUT2D eigenvalue weighted by molar-refractivity contribution is -0.165. The molecule has 0 bridgehead atoms. The van der Waals surface area contributed by atoms with Crippen molar-refractivity contribution in [2.75, 3.05) is 12.3 Å². The molecule has 0 radical (unpaired) electrons. The number of ketones is 1. The number of rotatable bonds is 3. The Morgan fingerprint density at radius 1 is 1.52 bits per heavy atom. The van der Waals surface area contributed by atoms with Gasteiger partial charge < -0.3 is 4.90 Å². The highest BCUT2D eigenvalue weighted by molar-refractivity contribution is 8.03. The highest BCUT2D eigenvalue weighted by Crippen LogP contribution is 2.31. The van der Waals surface area contributed by atoms with E-state index in [0.29, 0.717) is 23.9 Å². The Morgan fingerprint density at radius 2 is 2.24 bits per heavy atom. The van der Waals surface area contributed by atoms with Crippen molar-refractivity contribution in [2.45, 2.75) is 12.7 Å². The fourth-order valence-corrected chi connectivity index (χ4v) is 2.87. The van der Waals surface area contributed by atoms with Gasteiger partial charge in [-0.05, 0) is 11.6 Å². The van der Waals surface area contributed by atoms with Gasteiger partial charge >= 0.3 is 6.18 Å².